The molecule has 0 fully saturated rings. The van der Waals surface area contributed by atoms with Gasteiger partial charge in [-0.15, -0.1) is 0 Å². The van der Waals surface area contributed by atoms with Crippen LogP contribution in [-0.4, -0.2) is 16.5 Å². The zero-order valence-electron chi connectivity index (χ0n) is 14.6. The fraction of sp³-hybridized carbons (Fsp3) is 0.0500. The summed E-state index contributed by atoms with van der Waals surface area (Å²) in [5.74, 6) is -0.404. The molecule has 7 heteroatoms. The molecule has 3 aromatic rings. The Morgan fingerprint density at radius 1 is 0.778 bits per heavy atom. The molecule has 27 heavy (non-hydrogen) atoms. The maximum atomic E-state index is 12.3. The molecular formula is C20H18N4O3. The van der Waals surface area contributed by atoms with Crippen LogP contribution in [0.25, 0.3) is 0 Å². The molecule has 0 bridgehead atoms. The number of carbonyl (C=O) groups excluding carboxylic acids is 2. The molecule has 0 unspecified atom stereocenters. The number of anilines is 3. The predicted octanol–water partition coefficient (Wildman–Crippen LogP) is 3.28. The van der Waals surface area contributed by atoms with E-state index in [0.717, 1.165) is 0 Å². The Kier molecular flexibility index (Phi) is 5.32. The van der Waals surface area contributed by atoms with Gasteiger partial charge in [-0.25, -0.2) is 4.79 Å². The van der Waals surface area contributed by atoms with E-state index in [-0.39, 0.29) is 11.1 Å². The largest absolute Gasteiger partial charge is 0.323 e. The van der Waals surface area contributed by atoms with Gasteiger partial charge in [-0.2, -0.15) is 0 Å². The summed E-state index contributed by atoms with van der Waals surface area (Å²) >= 11 is 0. The molecule has 0 radical (unpaired) electrons. The number of aromatic nitrogens is 1. The van der Waals surface area contributed by atoms with Crippen LogP contribution in [0.15, 0.2) is 77.7 Å². The number of para-hydroxylation sites is 1. The van der Waals surface area contributed by atoms with Crippen molar-refractivity contribution in [3.8, 4) is 0 Å². The first-order valence-electron chi connectivity index (χ1n) is 8.22. The Bertz CT molecular complexity index is 1030. The lowest BCUT2D eigenvalue weighted by molar-refractivity contribution is 0.102. The lowest BCUT2D eigenvalue weighted by atomic mass is 10.2. The summed E-state index contributed by atoms with van der Waals surface area (Å²) in [6, 6.07) is 18.2. The zero-order chi connectivity index (χ0) is 19.2. The average molecular weight is 362 g/mol. The van der Waals surface area contributed by atoms with Crippen LogP contribution in [0.2, 0.25) is 0 Å². The van der Waals surface area contributed by atoms with Crippen LogP contribution in [0, 0.1) is 0 Å². The van der Waals surface area contributed by atoms with Gasteiger partial charge < -0.3 is 20.5 Å². The Morgan fingerprint density at radius 2 is 1.41 bits per heavy atom. The van der Waals surface area contributed by atoms with Gasteiger partial charge in [-0.1, -0.05) is 24.3 Å². The molecule has 3 rings (SSSR count). The number of nitrogens with zero attached hydrogens (tertiary/aromatic N) is 1. The molecule has 136 valence electrons. The number of hydrogen-bond donors (Lipinski definition) is 3. The molecule has 0 aliphatic rings. The van der Waals surface area contributed by atoms with E-state index >= 15 is 0 Å². The van der Waals surface area contributed by atoms with Crippen molar-refractivity contribution in [1.82, 2.24) is 4.57 Å². The third kappa shape index (κ3) is 4.82. The summed E-state index contributed by atoms with van der Waals surface area (Å²) in [5, 5.41) is 8.13. The van der Waals surface area contributed by atoms with E-state index in [1.54, 1.807) is 49.5 Å². The Hall–Kier alpha value is -3.87. The zero-order valence-corrected chi connectivity index (χ0v) is 14.6. The van der Waals surface area contributed by atoms with Crippen molar-refractivity contribution in [2.75, 3.05) is 16.0 Å². The number of urea groups is 1. The van der Waals surface area contributed by atoms with E-state index in [0.29, 0.717) is 17.1 Å². The van der Waals surface area contributed by atoms with Crippen molar-refractivity contribution in [3.05, 3.63) is 88.8 Å². The monoisotopic (exact) mass is 362 g/mol. The van der Waals surface area contributed by atoms with Crippen molar-refractivity contribution >= 4 is 29.0 Å². The molecule has 0 aliphatic carbocycles. The van der Waals surface area contributed by atoms with E-state index in [9.17, 15) is 14.4 Å². The van der Waals surface area contributed by atoms with Crippen molar-refractivity contribution in [2.45, 2.75) is 0 Å². The van der Waals surface area contributed by atoms with Crippen LogP contribution in [0.5, 0.6) is 0 Å². The Labute approximate surface area is 155 Å². The van der Waals surface area contributed by atoms with Gasteiger partial charge in [0.15, 0.2) is 0 Å². The SMILES string of the molecule is Cn1ccc(C(=O)Nc2cccc(NC(=O)Nc3ccccc3)c2)cc1=O. The Morgan fingerprint density at radius 3 is 2.11 bits per heavy atom. The van der Waals surface area contributed by atoms with Gasteiger partial charge in [-0.3, -0.25) is 9.59 Å². The number of aryl methyl sites for hydroxylation is 1. The van der Waals surface area contributed by atoms with Crippen LogP contribution in [0.1, 0.15) is 10.4 Å². The van der Waals surface area contributed by atoms with E-state index in [1.165, 1.54) is 16.8 Å². The molecule has 7 nitrogen and oxygen atoms in total. The molecule has 0 saturated heterocycles. The number of pyridine rings is 1. The number of carbonyl (C=O) groups is 2. The molecule has 0 spiro atoms. The third-order valence-electron chi connectivity index (χ3n) is 3.78. The molecule has 0 atom stereocenters. The molecule has 3 amide bonds. The van der Waals surface area contributed by atoms with Crippen LogP contribution in [0.3, 0.4) is 0 Å². The first kappa shape index (κ1) is 17.9. The Balaban J connectivity index is 1.66. The van der Waals surface area contributed by atoms with Gasteiger partial charge in [0.25, 0.3) is 11.5 Å². The lowest BCUT2D eigenvalue weighted by Gasteiger charge is -2.10. The summed E-state index contributed by atoms with van der Waals surface area (Å²) in [6.07, 6.45) is 1.53. The first-order chi connectivity index (χ1) is 13.0. The van der Waals surface area contributed by atoms with E-state index in [1.807, 2.05) is 18.2 Å². The summed E-state index contributed by atoms with van der Waals surface area (Å²) in [6.45, 7) is 0. The highest BCUT2D eigenvalue weighted by Gasteiger charge is 2.08. The normalized spacial score (nSPS) is 10.1. The minimum atomic E-state index is -0.404. The van der Waals surface area contributed by atoms with Gasteiger partial charge in [0.2, 0.25) is 0 Å². The van der Waals surface area contributed by atoms with Crippen molar-refractivity contribution in [3.63, 3.8) is 0 Å². The van der Waals surface area contributed by atoms with Crippen LogP contribution < -0.4 is 21.5 Å². The smallest absolute Gasteiger partial charge is 0.322 e. The maximum absolute atomic E-state index is 12.3. The highest BCUT2D eigenvalue weighted by Crippen LogP contribution is 2.16. The molecule has 1 aromatic heterocycles. The minimum absolute atomic E-state index is 0.262. The second-order valence-corrected chi connectivity index (χ2v) is 5.84. The highest BCUT2D eigenvalue weighted by atomic mass is 16.2. The number of benzene rings is 2. The van der Waals surface area contributed by atoms with Crippen molar-refractivity contribution < 1.29 is 9.59 Å². The van der Waals surface area contributed by atoms with Gasteiger partial charge >= 0.3 is 6.03 Å². The molecule has 0 aliphatic heterocycles. The van der Waals surface area contributed by atoms with E-state index < -0.39 is 11.9 Å². The fourth-order valence-electron chi connectivity index (χ4n) is 2.38. The molecule has 0 saturated carbocycles. The molecule has 3 N–H and O–H groups in total. The lowest BCUT2D eigenvalue weighted by Crippen LogP contribution is -2.20. The standard InChI is InChI=1S/C20H18N4O3/c1-24-11-10-14(12-18(24)25)19(26)21-16-8-5-9-17(13-16)23-20(27)22-15-6-3-2-4-7-15/h2-13H,1H3,(H,21,26)(H2,22,23,27). The second-order valence-electron chi connectivity index (χ2n) is 5.84. The predicted molar refractivity (Wildman–Crippen MR) is 105 cm³/mol. The summed E-state index contributed by atoms with van der Waals surface area (Å²) < 4.78 is 1.38. The first-order valence-corrected chi connectivity index (χ1v) is 8.22. The van der Waals surface area contributed by atoms with Crippen LogP contribution in [-0.2, 0) is 7.05 Å². The summed E-state index contributed by atoms with van der Waals surface area (Å²) in [4.78, 5) is 36.0. The number of nitrogens with one attached hydrogen (secondary N) is 3. The second kappa shape index (κ2) is 8.01. The van der Waals surface area contributed by atoms with E-state index in [2.05, 4.69) is 16.0 Å². The number of hydrogen-bond acceptors (Lipinski definition) is 3. The molecule has 1 heterocycles. The molecule has 2 aromatic carbocycles. The van der Waals surface area contributed by atoms with Crippen LogP contribution in [0.4, 0.5) is 21.9 Å². The number of amides is 3. The summed E-state index contributed by atoms with van der Waals surface area (Å²) in [5.41, 5.74) is 1.68. The highest BCUT2D eigenvalue weighted by molar-refractivity contribution is 6.05. The molecular weight excluding hydrogens is 344 g/mol. The number of rotatable bonds is 4. The minimum Gasteiger partial charge on any atom is -0.322 e. The third-order valence-corrected chi connectivity index (χ3v) is 3.78. The maximum Gasteiger partial charge on any atom is 0.323 e. The van der Waals surface area contributed by atoms with Gasteiger partial charge in [0.1, 0.15) is 0 Å². The van der Waals surface area contributed by atoms with Gasteiger partial charge in [-0.05, 0) is 36.4 Å². The fourth-order valence-corrected chi connectivity index (χ4v) is 2.38. The van der Waals surface area contributed by atoms with E-state index in [4.69, 9.17) is 0 Å². The van der Waals surface area contributed by atoms with Crippen molar-refractivity contribution in [2.24, 2.45) is 7.05 Å². The van der Waals surface area contributed by atoms with Crippen LogP contribution >= 0.6 is 0 Å². The summed E-state index contributed by atoms with van der Waals surface area (Å²) in [7, 11) is 1.61. The average Bonchev–Trinajstić information content (AvgIpc) is 2.65. The quantitative estimate of drug-likeness (QED) is 0.665. The van der Waals surface area contributed by atoms with Gasteiger partial charge in [0, 0.05) is 41.9 Å². The van der Waals surface area contributed by atoms with Gasteiger partial charge in [0.05, 0.1) is 0 Å². The topological polar surface area (TPSA) is 92.2 Å². The van der Waals surface area contributed by atoms with Crippen molar-refractivity contribution in [1.29, 1.82) is 0 Å².